The van der Waals surface area contributed by atoms with Gasteiger partial charge in [-0.15, -0.1) is 10.2 Å². The number of imide groups is 1. The second-order valence-corrected chi connectivity index (χ2v) is 5.98. The van der Waals surface area contributed by atoms with Gasteiger partial charge in [0.1, 0.15) is 5.82 Å². The van der Waals surface area contributed by atoms with Crippen molar-refractivity contribution in [1.82, 2.24) is 25.4 Å². The number of hydrogen-bond acceptors (Lipinski definition) is 5. The molecule has 23 heavy (non-hydrogen) atoms. The molecule has 0 saturated carbocycles. The van der Waals surface area contributed by atoms with Crippen LogP contribution in [0.25, 0.3) is 11.4 Å². The molecular weight excluding hydrogens is 321 g/mol. The predicted octanol–water partition coefficient (Wildman–Crippen LogP) is 1.56. The van der Waals surface area contributed by atoms with Gasteiger partial charge in [0.15, 0.2) is 11.0 Å². The summed E-state index contributed by atoms with van der Waals surface area (Å²) < 4.78 is 15.4. The molecule has 1 aromatic carbocycles. The second kappa shape index (κ2) is 7.23. The number of nitrogens with one attached hydrogen (secondary N) is 2. The van der Waals surface area contributed by atoms with E-state index in [0.29, 0.717) is 16.5 Å². The van der Waals surface area contributed by atoms with Crippen molar-refractivity contribution in [2.24, 2.45) is 7.05 Å². The normalized spacial score (nSPS) is 11.8. The van der Waals surface area contributed by atoms with Gasteiger partial charge in [-0.05, 0) is 19.1 Å². The summed E-state index contributed by atoms with van der Waals surface area (Å²) in [4.78, 5) is 23.0. The first kappa shape index (κ1) is 16.9. The number of aromatic nitrogens is 3. The highest BCUT2D eigenvalue weighted by Gasteiger charge is 2.21. The van der Waals surface area contributed by atoms with E-state index < -0.39 is 23.0 Å². The number of amides is 3. The summed E-state index contributed by atoms with van der Waals surface area (Å²) in [5.41, 5.74) is 0.330. The zero-order valence-corrected chi connectivity index (χ0v) is 13.6. The Morgan fingerprint density at radius 1 is 1.30 bits per heavy atom. The number of nitrogens with zero attached hydrogens (tertiary/aromatic N) is 3. The maximum Gasteiger partial charge on any atom is 0.321 e. The zero-order valence-electron chi connectivity index (χ0n) is 12.8. The van der Waals surface area contributed by atoms with E-state index in [4.69, 9.17) is 0 Å². The highest BCUT2D eigenvalue weighted by atomic mass is 32.2. The van der Waals surface area contributed by atoms with E-state index in [1.807, 2.05) is 0 Å². The number of hydrogen-bond donors (Lipinski definition) is 2. The standard InChI is InChI=1S/C14H16FN5O2S/c1-8(12(21)17-13(22)16-2)23-14-19-18-11(20(14)3)9-6-4-5-7-10(9)15/h4-8H,1-3H3,(H2,16,17,21,22)/t8-/m0/s1. The molecule has 7 nitrogen and oxygen atoms in total. The van der Waals surface area contributed by atoms with Crippen molar-refractivity contribution >= 4 is 23.7 Å². The summed E-state index contributed by atoms with van der Waals surface area (Å²) in [6, 6.07) is 5.67. The molecule has 9 heteroatoms. The van der Waals surface area contributed by atoms with Crippen molar-refractivity contribution in [3.8, 4) is 11.4 Å². The molecule has 0 spiro atoms. The highest BCUT2D eigenvalue weighted by Crippen LogP contribution is 2.26. The average molecular weight is 337 g/mol. The lowest BCUT2D eigenvalue weighted by Gasteiger charge is -2.10. The van der Waals surface area contributed by atoms with Gasteiger partial charge in [-0.1, -0.05) is 23.9 Å². The van der Waals surface area contributed by atoms with Crippen LogP contribution in [0.4, 0.5) is 9.18 Å². The monoisotopic (exact) mass is 337 g/mol. The molecule has 1 heterocycles. The van der Waals surface area contributed by atoms with Gasteiger partial charge >= 0.3 is 6.03 Å². The third-order valence-corrected chi connectivity index (χ3v) is 4.20. The van der Waals surface area contributed by atoms with E-state index in [9.17, 15) is 14.0 Å². The maximum atomic E-state index is 13.8. The summed E-state index contributed by atoms with van der Waals surface area (Å²) in [6.07, 6.45) is 0. The van der Waals surface area contributed by atoms with Crippen LogP contribution in [-0.4, -0.2) is 39.0 Å². The van der Waals surface area contributed by atoms with Gasteiger partial charge in [0.05, 0.1) is 10.8 Å². The Morgan fingerprint density at radius 2 is 2.00 bits per heavy atom. The van der Waals surface area contributed by atoms with Crippen LogP contribution < -0.4 is 10.6 Å². The maximum absolute atomic E-state index is 13.8. The van der Waals surface area contributed by atoms with Crippen LogP contribution in [0, 0.1) is 5.82 Å². The molecule has 2 rings (SSSR count). The summed E-state index contributed by atoms with van der Waals surface area (Å²) >= 11 is 1.13. The Morgan fingerprint density at radius 3 is 2.65 bits per heavy atom. The minimum Gasteiger partial charge on any atom is -0.341 e. The molecular formula is C14H16FN5O2S. The summed E-state index contributed by atoms with van der Waals surface area (Å²) in [5, 5.41) is 12.3. The first-order valence-electron chi connectivity index (χ1n) is 6.77. The summed E-state index contributed by atoms with van der Waals surface area (Å²) in [6.45, 7) is 1.64. The van der Waals surface area contributed by atoms with Crippen molar-refractivity contribution in [2.75, 3.05) is 7.05 Å². The van der Waals surface area contributed by atoms with Crippen molar-refractivity contribution in [1.29, 1.82) is 0 Å². The largest absolute Gasteiger partial charge is 0.341 e. The van der Waals surface area contributed by atoms with Crippen LogP contribution in [0.5, 0.6) is 0 Å². The summed E-state index contributed by atoms with van der Waals surface area (Å²) in [5.74, 6) is -0.487. The van der Waals surface area contributed by atoms with E-state index in [1.54, 1.807) is 36.7 Å². The molecule has 1 aromatic heterocycles. The fourth-order valence-electron chi connectivity index (χ4n) is 1.78. The Balaban J connectivity index is 2.15. The Bertz CT molecular complexity index is 734. The molecule has 1 atom stereocenters. The Hall–Kier alpha value is -2.42. The molecule has 0 aliphatic carbocycles. The topological polar surface area (TPSA) is 88.9 Å². The number of thioether (sulfide) groups is 1. The van der Waals surface area contributed by atoms with E-state index in [1.165, 1.54) is 13.1 Å². The molecule has 0 saturated heterocycles. The van der Waals surface area contributed by atoms with Crippen molar-refractivity contribution in [3.63, 3.8) is 0 Å². The Kier molecular flexibility index (Phi) is 5.32. The molecule has 2 N–H and O–H groups in total. The Labute approximate surface area is 136 Å². The minimum atomic E-state index is -0.576. The lowest BCUT2D eigenvalue weighted by Crippen LogP contribution is -2.41. The van der Waals surface area contributed by atoms with E-state index >= 15 is 0 Å². The number of rotatable bonds is 4. The summed E-state index contributed by atoms with van der Waals surface area (Å²) in [7, 11) is 3.11. The van der Waals surface area contributed by atoms with Crippen LogP contribution in [0.1, 0.15) is 6.92 Å². The SMILES string of the molecule is CNC(=O)NC(=O)[C@H](C)Sc1nnc(-c2ccccc2F)n1C. The molecule has 0 aliphatic rings. The fourth-order valence-corrected chi connectivity index (χ4v) is 2.60. The predicted molar refractivity (Wildman–Crippen MR) is 84.3 cm³/mol. The third-order valence-electron chi connectivity index (χ3n) is 3.06. The second-order valence-electron chi connectivity index (χ2n) is 4.67. The van der Waals surface area contributed by atoms with Crippen molar-refractivity contribution < 1.29 is 14.0 Å². The van der Waals surface area contributed by atoms with Gasteiger partial charge in [-0.3, -0.25) is 10.1 Å². The van der Waals surface area contributed by atoms with E-state index in [-0.39, 0.29) is 0 Å². The number of carbonyl (C=O) groups excluding carboxylic acids is 2. The van der Waals surface area contributed by atoms with E-state index in [2.05, 4.69) is 20.8 Å². The third kappa shape index (κ3) is 3.86. The van der Waals surface area contributed by atoms with Crippen molar-refractivity contribution in [2.45, 2.75) is 17.3 Å². The first-order chi connectivity index (χ1) is 10.9. The molecule has 122 valence electrons. The smallest absolute Gasteiger partial charge is 0.321 e. The van der Waals surface area contributed by atoms with Crippen LogP contribution in [0.2, 0.25) is 0 Å². The quantitative estimate of drug-likeness (QED) is 0.827. The van der Waals surface area contributed by atoms with Gasteiger partial charge in [-0.2, -0.15) is 0 Å². The molecule has 3 amide bonds. The van der Waals surface area contributed by atoms with Gasteiger partial charge in [0, 0.05) is 14.1 Å². The highest BCUT2D eigenvalue weighted by molar-refractivity contribution is 8.00. The average Bonchev–Trinajstić information content (AvgIpc) is 2.88. The van der Waals surface area contributed by atoms with Gasteiger partial charge < -0.3 is 9.88 Å². The molecule has 0 fully saturated rings. The van der Waals surface area contributed by atoms with Gasteiger partial charge in [-0.25, -0.2) is 9.18 Å². The zero-order chi connectivity index (χ0) is 17.0. The van der Waals surface area contributed by atoms with E-state index in [0.717, 1.165) is 11.8 Å². The number of urea groups is 1. The van der Waals surface area contributed by atoms with Gasteiger partial charge in [0.25, 0.3) is 0 Å². The van der Waals surface area contributed by atoms with Gasteiger partial charge in [0.2, 0.25) is 5.91 Å². The molecule has 0 aliphatic heterocycles. The van der Waals surface area contributed by atoms with Crippen LogP contribution in [0.15, 0.2) is 29.4 Å². The molecule has 0 unspecified atom stereocenters. The minimum absolute atomic E-state index is 0.330. The lowest BCUT2D eigenvalue weighted by molar-refractivity contribution is -0.119. The number of carbonyl (C=O) groups is 2. The molecule has 0 bridgehead atoms. The van der Waals surface area contributed by atoms with Crippen LogP contribution in [-0.2, 0) is 11.8 Å². The molecule has 0 radical (unpaired) electrons. The van der Waals surface area contributed by atoms with Crippen LogP contribution >= 0.6 is 11.8 Å². The number of halogens is 1. The fraction of sp³-hybridized carbons (Fsp3) is 0.286. The first-order valence-corrected chi connectivity index (χ1v) is 7.65. The van der Waals surface area contributed by atoms with Crippen molar-refractivity contribution in [3.05, 3.63) is 30.1 Å². The van der Waals surface area contributed by atoms with Crippen LogP contribution in [0.3, 0.4) is 0 Å². The molecule has 2 aromatic rings. The number of benzene rings is 1. The lowest BCUT2D eigenvalue weighted by atomic mass is 10.2.